The summed E-state index contributed by atoms with van der Waals surface area (Å²) in [5.41, 5.74) is 2.09. The number of aliphatic hydroxyl groups excluding tert-OH is 1. The molecule has 0 aliphatic carbocycles. The Morgan fingerprint density at radius 1 is 1.17 bits per heavy atom. The number of hydrogen-bond acceptors (Lipinski definition) is 4. The first-order valence-electron chi connectivity index (χ1n) is 7.53. The first-order valence-corrected chi connectivity index (χ1v) is 7.53. The minimum atomic E-state index is -0.357. The number of carbonyl (C=O) groups excluding carboxylic acids is 1. The molecule has 1 aromatic heterocycles. The van der Waals surface area contributed by atoms with E-state index in [0.29, 0.717) is 18.2 Å². The number of para-hydroxylation sites is 2. The quantitative estimate of drug-likeness (QED) is 0.648. The normalized spacial score (nSPS) is 10.8. The van der Waals surface area contributed by atoms with Crippen molar-refractivity contribution in [1.29, 1.82) is 0 Å². The molecule has 0 bridgehead atoms. The molecule has 6 nitrogen and oxygen atoms in total. The predicted octanol–water partition coefficient (Wildman–Crippen LogP) is 2.22. The molecule has 0 aliphatic rings. The van der Waals surface area contributed by atoms with E-state index in [1.54, 1.807) is 4.57 Å². The van der Waals surface area contributed by atoms with Crippen molar-refractivity contribution in [2.75, 3.05) is 23.8 Å². The SMILES string of the molecule is O=C(Cn1c(NCCO)nc2ccccc21)Nc1ccc(F)cc1. The van der Waals surface area contributed by atoms with E-state index in [2.05, 4.69) is 15.6 Å². The van der Waals surface area contributed by atoms with Crippen LogP contribution in [0.15, 0.2) is 48.5 Å². The molecule has 24 heavy (non-hydrogen) atoms. The van der Waals surface area contributed by atoms with Gasteiger partial charge in [-0.3, -0.25) is 4.79 Å². The number of anilines is 2. The van der Waals surface area contributed by atoms with Crippen LogP contribution in [0.3, 0.4) is 0 Å². The van der Waals surface area contributed by atoms with E-state index in [-0.39, 0.29) is 24.9 Å². The van der Waals surface area contributed by atoms with Crippen LogP contribution in [0.5, 0.6) is 0 Å². The molecule has 0 atom stereocenters. The largest absolute Gasteiger partial charge is 0.395 e. The van der Waals surface area contributed by atoms with Gasteiger partial charge in [-0.05, 0) is 36.4 Å². The molecule has 0 unspecified atom stereocenters. The van der Waals surface area contributed by atoms with E-state index in [9.17, 15) is 9.18 Å². The van der Waals surface area contributed by atoms with E-state index < -0.39 is 0 Å². The van der Waals surface area contributed by atoms with Crippen LogP contribution in [0.4, 0.5) is 16.0 Å². The fourth-order valence-electron chi connectivity index (χ4n) is 2.42. The van der Waals surface area contributed by atoms with Gasteiger partial charge in [0.15, 0.2) is 0 Å². The zero-order valence-electron chi connectivity index (χ0n) is 12.9. The molecule has 0 saturated carbocycles. The van der Waals surface area contributed by atoms with Crippen LogP contribution >= 0.6 is 0 Å². The van der Waals surface area contributed by atoms with Gasteiger partial charge in [-0.25, -0.2) is 9.37 Å². The molecule has 0 fully saturated rings. The lowest BCUT2D eigenvalue weighted by Gasteiger charge is -2.10. The zero-order valence-corrected chi connectivity index (χ0v) is 12.9. The maximum atomic E-state index is 12.9. The summed E-state index contributed by atoms with van der Waals surface area (Å²) < 4.78 is 14.7. The highest BCUT2D eigenvalue weighted by Gasteiger charge is 2.13. The molecule has 0 spiro atoms. The Kier molecular flexibility index (Phi) is 4.72. The van der Waals surface area contributed by atoms with E-state index in [0.717, 1.165) is 11.0 Å². The van der Waals surface area contributed by atoms with Crippen molar-refractivity contribution in [2.45, 2.75) is 6.54 Å². The van der Waals surface area contributed by atoms with Crippen molar-refractivity contribution in [3.05, 3.63) is 54.3 Å². The number of amides is 1. The van der Waals surface area contributed by atoms with Crippen LogP contribution < -0.4 is 10.6 Å². The Labute approximate surface area is 137 Å². The predicted molar refractivity (Wildman–Crippen MR) is 90.3 cm³/mol. The van der Waals surface area contributed by atoms with Gasteiger partial charge >= 0.3 is 0 Å². The van der Waals surface area contributed by atoms with Crippen LogP contribution in [0.25, 0.3) is 11.0 Å². The fourth-order valence-corrected chi connectivity index (χ4v) is 2.42. The molecule has 124 valence electrons. The molecule has 0 radical (unpaired) electrons. The van der Waals surface area contributed by atoms with E-state index in [1.807, 2.05) is 24.3 Å². The Morgan fingerprint density at radius 2 is 1.92 bits per heavy atom. The van der Waals surface area contributed by atoms with Crippen LogP contribution in [-0.2, 0) is 11.3 Å². The molecule has 3 rings (SSSR count). The lowest BCUT2D eigenvalue weighted by molar-refractivity contribution is -0.116. The molecule has 1 amide bonds. The summed E-state index contributed by atoms with van der Waals surface area (Å²) >= 11 is 0. The van der Waals surface area contributed by atoms with Crippen molar-refractivity contribution in [1.82, 2.24) is 9.55 Å². The highest BCUT2D eigenvalue weighted by molar-refractivity contribution is 5.92. The molecule has 3 N–H and O–H groups in total. The Balaban J connectivity index is 1.82. The minimum absolute atomic E-state index is 0.0367. The second kappa shape index (κ2) is 7.10. The van der Waals surface area contributed by atoms with Gasteiger partial charge < -0.3 is 20.3 Å². The lowest BCUT2D eigenvalue weighted by atomic mass is 10.3. The van der Waals surface area contributed by atoms with Gasteiger partial charge in [0.1, 0.15) is 12.4 Å². The van der Waals surface area contributed by atoms with Crippen molar-refractivity contribution >= 4 is 28.6 Å². The molecular weight excluding hydrogens is 311 g/mol. The van der Waals surface area contributed by atoms with Gasteiger partial charge in [-0.1, -0.05) is 12.1 Å². The van der Waals surface area contributed by atoms with Crippen LogP contribution in [0.1, 0.15) is 0 Å². The number of aromatic nitrogens is 2. The topological polar surface area (TPSA) is 79.2 Å². The number of rotatable bonds is 6. The summed E-state index contributed by atoms with van der Waals surface area (Å²) in [4.78, 5) is 16.7. The number of aliphatic hydroxyl groups is 1. The van der Waals surface area contributed by atoms with Gasteiger partial charge in [-0.15, -0.1) is 0 Å². The average Bonchev–Trinajstić information content (AvgIpc) is 2.93. The van der Waals surface area contributed by atoms with E-state index >= 15 is 0 Å². The molecular formula is C17H17FN4O2. The molecule has 1 heterocycles. The number of carbonyl (C=O) groups is 1. The average molecular weight is 328 g/mol. The first-order chi connectivity index (χ1) is 11.7. The highest BCUT2D eigenvalue weighted by atomic mass is 19.1. The summed E-state index contributed by atoms with van der Waals surface area (Å²) in [6.07, 6.45) is 0. The number of fused-ring (bicyclic) bond motifs is 1. The van der Waals surface area contributed by atoms with Gasteiger partial charge in [0.25, 0.3) is 0 Å². The van der Waals surface area contributed by atoms with Gasteiger partial charge in [0.05, 0.1) is 17.6 Å². The number of nitrogens with zero attached hydrogens (tertiary/aromatic N) is 2. The van der Waals surface area contributed by atoms with Crippen LogP contribution in [0, 0.1) is 5.82 Å². The number of nitrogens with one attached hydrogen (secondary N) is 2. The zero-order chi connectivity index (χ0) is 16.9. The summed E-state index contributed by atoms with van der Waals surface area (Å²) in [6.45, 7) is 0.347. The highest BCUT2D eigenvalue weighted by Crippen LogP contribution is 2.19. The second-order valence-corrected chi connectivity index (χ2v) is 5.22. The lowest BCUT2D eigenvalue weighted by Crippen LogP contribution is -2.21. The Morgan fingerprint density at radius 3 is 2.67 bits per heavy atom. The molecule has 7 heteroatoms. The number of hydrogen-bond donors (Lipinski definition) is 3. The van der Waals surface area contributed by atoms with Crippen LogP contribution in [0.2, 0.25) is 0 Å². The van der Waals surface area contributed by atoms with Crippen LogP contribution in [-0.4, -0.2) is 33.7 Å². The summed E-state index contributed by atoms with van der Waals surface area (Å²) in [5, 5.41) is 14.7. The fraction of sp³-hybridized carbons (Fsp3) is 0.176. The maximum Gasteiger partial charge on any atom is 0.244 e. The number of halogens is 1. The third kappa shape index (κ3) is 3.52. The Hall–Kier alpha value is -2.93. The Bertz CT molecular complexity index is 845. The van der Waals surface area contributed by atoms with Gasteiger partial charge in [-0.2, -0.15) is 0 Å². The number of benzene rings is 2. The van der Waals surface area contributed by atoms with Crippen molar-refractivity contribution in [3.63, 3.8) is 0 Å². The molecule has 3 aromatic rings. The smallest absolute Gasteiger partial charge is 0.244 e. The van der Waals surface area contributed by atoms with Crippen molar-refractivity contribution in [2.24, 2.45) is 0 Å². The third-order valence-corrected chi connectivity index (χ3v) is 3.48. The van der Waals surface area contributed by atoms with Gasteiger partial charge in [0, 0.05) is 12.2 Å². The van der Waals surface area contributed by atoms with Crippen molar-refractivity contribution in [3.8, 4) is 0 Å². The third-order valence-electron chi connectivity index (χ3n) is 3.48. The summed E-state index contributed by atoms with van der Waals surface area (Å²) in [5.74, 6) is -0.0968. The van der Waals surface area contributed by atoms with Crippen molar-refractivity contribution < 1.29 is 14.3 Å². The van der Waals surface area contributed by atoms with E-state index in [4.69, 9.17) is 5.11 Å². The maximum absolute atomic E-state index is 12.9. The second-order valence-electron chi connectivity index (χ2n) is 5.22. The minimum Gasteiger partial charge on any atom is -0.395 e. The molecule has 2 aromatic carbocycles. The van der Waals surface area contributed by atoms with E-state index in [1.165, 1.54) is 24.3 Å². The molecule has 0 aliphatic heterocycles. The standard InChI is InChI=1S/C17H17FN4O2/c18-12-5-7-13(8-6-12)20-16(24)11-22-15-4-2-1-3-14(15)21-17(22)19-9-10-23/h1-8,23H,9-11H2,(H,19,21)(H,20,24). The molecule has 0 saturated heterocycles. The first kappa shape index (κ1) is 15.9. The monoisotopic (exact) mass is 328 g/mol. The summed E-state index contributed by atoms with van der Waals surface area (Å²) in [7, 11) is 0. The number of imidazole rings is 1. The van der Waals surface area contributed by atoms with Gasteiger partial charge in [0.2, 0.25) is 11.9 Å². The summed E-state index contributed by atoms with van der Waals surface area (Å²) in [6, 6.07) is 13.1.